The van der Waals surface area contributed by atoms with E-state index in [2.05, 4.69) is 5.32 Å². The summed E-state index contributed by atoms with van der Waals surface area (Å²) < 4.78 is 27.7. The highest BCUT2D eigenvalue weighted by molar-refractivity contribution is 5.89. The lowest BCUT2D eigenvalue weighted by atomic mass is 10.0. The van der Waals surface area contributed by atoms with Gasteiger partial charge in [-0.25, -0.2) is 23.6 Å². The number of urea groups is 1. The van der Waals surface area contributed by atoms with Crippen LogP contribution in [0, 0.1) is 18.6 Å². The van der Waals surface area contributed by atoms with Crippen LogP contribution in [-0.2, 0) is 16.1 Å². The van der Waals surface area contributed by atoms with Gasteiger partial charge in [-0.05, 0) is 37.6 Å². The van der Waals surface area contributed by atoms with E-state index >= 15 is 0 Å². The first-order chi connectivity index (χ1) is 19.5. The van der Waals surface area contributed by atoms with Crippen LogP contribution >= 0.6 is 0 Å². The Morgan fingerprint density at radius 1 is 1.00 bits per heavy atom. The third-order valence-electron chi connectivity index (χ3n) is 7.09. The number of nitrogens with zero attached hydrogens (tertiary/aromatic N) is 4. The van der Waals surface area contributed by atoms with Gasteiger partial charge in [0.15, 0.2) is 0 Å². The number of benzene rings is 3. The van der Waals surface area contributed by atoms with Crippen molar-refractivity contribution in [3.8, 4) is 5.75 Å². The average molecular weight is 566 g/mol. The Hall–Kier alpha value is -4.51. The number of phenolic OH excluding ortho intramolecular Hbond substituents is 1. The van der Waals surface area contributed by atoms with Crippen LogP contribution in [0.2, 0.25) is 0 Å². The highest BCUT2D eigenvalue weighted by atomic mass is 19.1. The topological polar surface area (TPSA) is 96.4 Å². The number of rotatable bonds is 4. The summed E-state index contributed by atoms with van der Waals surface area (Å²) in [5, 5.41) is 14.5. The minimum Gasteiger partial charge on any atom is -0.508 e. The van der Waals surface area contributed by atoms with Gasteiger partial charge < -0.3 is 20.2 Å². The molecule has 0 spiro atoms. The third kappa shape index (κ3) is 6.98. The van der Waals surface area contributed by atoms with E-state index in [1.54, 1.807) is 26.1 Å². The Morgan fingerprint density at radius 3 is 2.32 bits per heavy atom. The molecule has 2 fully saturated rings. The van der Waals surface area contributed by atoms with Crippen molar-refractivity contribution in [2.45, 2.75) is 32.6 Å². The van der Waals surface area contributed by atoms with Crippen molar-refractivity contribution >= 4 is 17.8 Å². The molecule has 0 radical (unpaired) electrons. The summed E-state index contributed by atoms with van der Waals surface area (Å²) in [6.45, 7) is 3.63. The molecule has 0 bridgehead atoms. The van der Waals surface area contributed by atoms with Gasteiger partial charge in [-0.3, -0.25) is 9.59 Å². The zero-order chi connectivity index (χ0) is 29.7. The van der Waals surface area contributed by atoms with Crippen molar-refractivity contribution in [3.05, 3.63) is 101 Å². The lowest BCUT2D eigenvalue weighted by Crippen LogP contribution is -2.73. The Bertz CT molecular complexity index is 1370. The second kappa shape index (κ2) is 12.8. The van der Waals surface area contributed by atoms with Gasteiger partial charge in [0, 0.05) is 25.2 Å². The molecule has 41 heavy (non-hydrogen) atoms. The summed E-state index contributed by atoms with van der Waals surface area (Å²) in [6.07, 6.45) is -0.754. The molecule has 0 aromatic heterocycles. The van der Waals surface area contributed by atoms with Gasteiger partial charge in [-0.1, -0.05) is 54.1 Å². The largest absolute Gasteiger partial charge is 0.508 e. The molecule has 216 valence electrons. The number of likely N-dealkylation sites (N-methyl/N-ethyl adjacent to an activating group) is 1. The monoisotopic (exact) mass is 565 g/mol. The number of hydrogen-bond acceptors (Lipinski definition) is 5. The Balaban J connectivity index is 0.000000417. The Kier molecular flexibility index (Phi) is 9.18. The maximum atomic E-state index is 14.4. The highest BCUT2D eigenvalue weighted by Crippen LogP contribution is 2.29. The second-order valence-electron chi connectivity index (χ2n) is 10.0. The molecule has 2 atom stereocenters. The number of phenols is 1. The van der Waals surface area contributed by atoms with E-state index in [4.69, 9.17) is 5.11 Å². The molecule has 0 aliphatic carbocycles. The number of halogens is 2. The third-order valence-corrected chi connectivity index (χ3v) is 7.09. The second-order valence-corrected chi connectivity index (χ2v) is 10.0. The minimum atomic E-state index is -0.757. The smallest absolute Gasteiger partial charge is 0.334 e. The van der Waals surface area contributed by atoms with Crippen LogP contribution in [0.25, 0.3) is 0 Å². The molecule has 0 saturated carbocycles. The molecule has 4 amide bonds. The van der Waals surface area contributed by atoms with Gasteiger partial charge in [0.05, 0.1) is 19.1 Å². The molecule has 9 nitrogen and oxygen atoms in total. The van der Waals surface area contributed by atoms with E-state index in [0.29, 0.717) is 12.3 Å². The molecule has 3 aromatic carbocycles. The molecular weight excluding hydrogens is 532 g/mol. The zero-order valence-corrected chi connectivity index (χ0v) is 23.1. The van der Waals surface area contributed by atoms with Gasteiger partial charge in [-0.2, -0.15) is 0 Å². The van der Waals surface area contributed by atoms with E-state index < -0.39 is 29.9 Å². The number of amides is 4. The number of hydrazine groups is 1. The molecule has 1 unspecified atom stereocenters. The van der Waals surface area contributed by atoms with E-state index in [1.807, 2.05) is 49.4 Å². The van der Waals surface area contributed by atoms with Crippen molar-refractivity contribution in [1.82, 2.24) is 25.1 Å². The SMILES string of the molecule is C[C@H](c1ccc(F)cc1F)N1CC2N(CC1=O)C(=O)CN(C)N2C(=O)NCc1ccccc1.Cc1ccc(O)cc1. The van der Waals surface area contributed by atoms with Crippen LogP contribution < -0.4 is 5.32 Å². The molecule has 2 aliphatic rings. The lowest BCUT2D eigenvalue weighted by molar-refractivity contribution is -0.180. The first kappa shape index (κ1) is 29.5. The maximum Gasteiger partial charge on any atom is 0.334 e. The Labute approximate surface area is 237 Å². The molecular formula is C30H33F2N5O4. The summed E-state index contributed by atoms with van der Waals surface area (Å²) >= 11 is 0. The van der Waals surface area contributed by atoms with Gasteiger partial charge in [0.1, 0.15) is 30.1 Å². The van der Waals surface area contributed by atoms with Crippen LogP contribution in [0.3, 0.4) is 0 Å². The van der Waals surface area contributed by atoms with Crippen LogP contribution in [0.5, 0.6) is 5.75 Å². The molecule has 2 N–H and O–H groups in total. The maximum absolute atomic E-state index is 14.4. The number of carbonyl (C=O) groups is 3. The number of fused-ring (bicyclic) bond motifs is 1. The number of aryl methyl sites for hydroxylation is 1. The van der Waals surface area contributed by atoms with Crippen molar-refractivity contribution < 1.29 is 28.3 Å². The zero-order valence-electron chi connectivity index (χ0n) is 23.1. The number of hydrogen-bond donors (Lipinski definition) is 2. The van der Waals surface area contributed by atoms with Crippen molar-refractivity contribution in [2.24, 2.45) is 0 Å². The molecule has 11 heteroatoms. The first-order valence-electron chi connectivity index (χ1n) is 13.2. The summed E-state index contributed by atoms with van der Waals surface area (Å²) in [5.74, 6) is -1.78. The van der Waals surface area contributed by atoms with Gasteiger partial charge >= 0.3 is 6.03 Å². The number of nitrogens with one attached hydrogen (secondary N) is 1. The fraction of sp³-hybridized carbons (Fsp3) is 0.300. The van der Waals surface area contributed by atoms with Crippen molar-refractivity contribution in [1.29, 1.82) is 0 Å². The quantitative estimate of drug-likeness (QED) is 0.502. The van der Waals surface area contributed by atoms with E-state index in [-0.39, 0.29) is 37.0 Å². The normalized spacial score (nSPS) is 17.9. The van der Waals surface area contributed by atoms with E-state index in [9.17, 15) is 23.2 Å². The van der Waals surface area contributed by atoms with Crippen LogP contribution in [-0.4, -0.2) is 75.6 Å². The highest BCUT2D eigenvalue weighted by Gasteiger charge is 2.46. The average Bonchev–Trinajstić information content (AvgIpc) is 2.94. The predicted molar refractivity (Wildman–Crippen MR) is 148 cm³/mol. The molecule has 2 heterocycles. The van der Waals surface area contributed by atoms with Crippen molar-refractivity contribution in [2.75, 3.05) is 26.7 Å². The fourth-order valence-corrected chi connectivity index (χ4v) is 4.84. The summed E-state index contributed by atoms with van der Waals surface area (Å²) in [4.78, 5) is 41.4. The number of carbonyl (C=O) groups excluding carboxylic acids is 3. The Morgan fingerprint density at radius 2 is 1.68 bits per heavy atom. The number of aromatic hydroxyl groups is 1. The number of piperazine rings is 1. The molecule has 3 aromatic rings. The standard InChI is InChI=1S/C23H25F2N5O3.C7H8O/c1-15(18-9-8-17(24)10-19(18)25)28-12-20-29(14-22(28)32)21(31)13-27(2)30(20)23(33)26-11-16-6-4-3-5-7-16;1-6-2-4-7(8)5-3-6/h3-10,15,20H,11-14H2,1-2H3,(H,26,33);2-5,8H,1H3/t15-,20?;/m1./s1. The van der Waals surface area contributed by atoms with E-state index in [1.165, 1.54) is 31.4 Å². The summed E-state index contributed by atoms with van der Waals surface area (Å²) in [7, 11) is 1.63. The predicted octanol–water partition coefficient (Wildman–Crippen LogP) is 3.80. The summed E-state index contributed by atoms with van der Waals surface area (Å²) in [6, 6.07) is 18.6. The first-order valence-corrected chi connectivity index (χ1v) is 13.2. The molecule has 2 saturated heterocycles. The fourth-order valence-electron chi connectivity index (χ4n) is 4.84. The van der Waals surface area contributed by atoms with E-state index in [0.717, 1.165) is 17.7 Å². The van der Waals surface area contributed by atoms with Crippen LogP contribution in [0.15, 0.2) is 72.8 Å². The minimum absolute atomic E-state index is 0.00828. The van der Waals surface area contributed by atoms with Crippen molar-refractivity contribution in [3.63, 3.8) is 0 Å². The lowest BCUT2D eigenvalue weighted by Gasteiger charge is -2.52. The summed E-state index contributed by atoms with van der Waals surface area (Å²) in [5.41, 5.74) is 2.25. The molecule has 2 aliphatic heterocycles. The van der Waals surface area contributed by atoms with Gasteiger partial charge in [0.2, 0.25) is 11.8 Å². The van der Waals surface area contributed by atoms with Gasteiger partial charge in [-0.15, -0.1) is 0 Å². The van der Waals surface area contributed by atoms with Crippen LogP contribution in [0.4, 0.5) is 13.6 Å². The van der Waals surface area contributed by atoms with Crippen LogP contribution in [0.1, 0.15) is 29.7 Å². The van der Waals surface area contributed by atoms with Gasteiger partial charge in [0.25, 0.3) is 0 Å². The molecule has 5 rings (SSSR count).